The second-order valence-corrected chi connectivity index (χ2v) is 6.20. The molecule has 0 aromatic carbocycles. The summed E-state index contributed by atoms with van der Waals surface area (Å²) in [6, 6.07) is 8.23. The quantitative estimate of drug-likeness (QED) is 0.721. The average Bonchev–Trinajstić information content (AvgIpc) is 3.21. The second kappa shape index (κ2) is 6.62. The number of aromatic nitrogens is 3. The fourth-order valence-electron chi connectivity index (χ4n) is 3.02. The number of hydrogen-bond acceptors (Lipinski definition) is 5. The average molecular weight is 356 g/mol. The first-order chi connectivity index (χ1) is 12.6. The lowest BCUT2D eigenvalue weighted by Gasteiger charge is -2.23. The van der Waals surface area contributed by atoms with Crippen LogP contribution in [0.4, 0.5) is 4.39 Å². The van der Waals surface area contributed by atoms with E-state index in [1.165, 1.54) is 18.3 Å². The predicted octanol–water partition coefficient (Wildman–Crippen LogP) is 2.42. The van der Waals surface area contributed by atoms with Crippen molar-refractivity contribution in [3.05, 3.63) is 65.7 Å². The molecule has 0 aliphatic carbocycles. The van der Waals surface area contributed by atoms with E-state index < -0.39 is 11.9 Å². The van der Waals surface area contributed by atoms with Gasteiger partial charge in [-0.3, -0.25) is 4.79 Å². The molecule has 0 fully saturated rings. The van der Waals surface area contributed by atoms with Gasteiger partial charge in [0.05, 0.1) is 25.3 Å². The third kappa shape index (κ3) is 3.17. The van der Waals surface area contributed by atoms with Crippen LogP contribution in [-0.2, 0) is 13.1 Å². The van der Waals surface area contributed by atoms with Gasteiger partial charge in [-0.15, -0.1) is 0 Å². The van der Waals surface area contributed by atoms with Gasteiger partial charge in [0.2, 0.25) is 5.76 Å². The van der Waals surface area contributed by atoms with E-state index >= 15 is 0 Å². The molecule has 4 rings (SSSR count). The van der Waals surface area contributed by atoms with E-state index in [-0.39, 0.29) is 24.1 Å². The second-order valence-electron chi connectivity index (χ2n) is 6.20. The number of ether oxygens (including phenoxy) is 1. The van der Waals surface area contributed by atoms with Crippen LogP contribution in [0.1, 0.15) is 21.9 Å². The van der Waals surface area contributed by atoms with Crippen molar-refractivity contribution >= 4 is 5.91 Å². The monoisotopic (exact) mass is 356 g/mol. The molecule has 0 saturated carbocycles. The fraction of sp³-hybridized carbons (Fsp3) is 0.278. The number of aryl methyl sites for hydroxylation is 1. The number of fused-ring (bicyclic) bond motifs is 1. The van der Waals surface area contributed by atoms with Crippen LogP contribution in [-0.4, -0.2) is 38.2 Å². The van der Waals surface area contributed by atoms with Crippen molar-refractivity contribution in [2.75, 3.05) is 6.54 Å². The molecule has 0 saturated heterocycles. The summed E-state index contributed by atoms with van der Waals surface area (Å²) in [5.74, 6) is -0.718. The van der Waals surface area contributed by atoms with E-state index in [9.17, 15) is 9.18 Å². The van der Waals surface area contributed by atoms with Crippen LogP contribution in [0.3, 0.4) is 0 Å². The van der Waals surface area contributed by atoms with Crippen molar-refractivity contribution in [2.24, 2.45) is 0 Å². The molecule has 0 spiro atoms. The van der Waals surface area contributed by atoms with Crippen LogP contribution in [0.15, 0.2) is 47.2 Å². The molecule has 26 heavy (non-hydrogen) atoms. The van der Waals surface area contributed by atoms with Crippen LogP contribution >= 0.6 is 0 Å². The van der Waals surface area contributed by atoms with Crippen LogP contribution in [0.5, 0.6) is 5.88 Å². The lowest BCUT2D eigenvalue weighted by molar-refractivity contribution is 0.0602. The summed E-state index contributed by atoms with van der Waals surface area (Å²) < 4.78 is 26.8. The smallest absolute Gasteiger partial charge is 0.292 e. The Labute approximate surface area is 149 Å². The van der Waals surface area contributed by atoms with Gasteiger partial charge in [-0.25, -0.2) is 9.37 Å². The van der Waals surface area contributed by atoms with Gasteiger partial charge in [0.25, 0.3) is 11.8 Å². The molecule has 1 aliphatic heterocycles. The molecule has 7 nitrogen and oxygen atoms in total. The Morgan fingerprint density at radius 3 is 3.00 bits per heavy atom. The number of carbonyl (C=O) groups is 1. The molecule has 0 radical (unpaired) electrons. The lowest BCUT2D eigenvalue weighted by Crippen LogP contribution is -2.38. The first kappa shape index (κ1) is 16.3. The maximum absolute atomic E-state index is 13.9. The summed E-state index contributed by atoms with van der Waals surface area (Å²) >= 11 is 0. The minimum atomic E-state index is -0.534. The summed E-state index contributed by atoms with van der Waals surface area (Å²) in [7, 11) is 0. The van der Waals surface area contributed by atoms with Crippen LogP contribution < -0.4 is 4.74 Å². The van der Waals surface area contributed by atoms with Gasteiger partial charge in [0, 0.05) is 24.2 Å². The van der Waals surface area contributed by atoms with Gasteiger partial charge in [-0.1, -0.05) is 5.16 Å². The van der Waals surface area contributed by atoms with Crippen molar-refractivity contribution in [1.82, 2.24) is 19.6 Å². The zero-order chi connectivity index (χ0) is 18.1. The van der Waals surface area contributed by atoms with Crippen LogP contribution in [0, 0.1) is 12.7 Å². The molecule has 0 N–H and O–H groups in total. The van der Waals surface area contributed by atoms with Gasteiger partial charge in [-0.05, 0) is 31.2 Å². The number of pyridine rings is 1. The molecular formula is C18H17FN4O3. The highest BCUT2D eigenvalue weighted by Gasteiger charge is 2.29. The van der Waals surface area contributed by atoms with Crippen molar-refractivity contribution in [3.8, 4) is 5.88 Å². The van der Waals surface area contributed by atoms with E-state index in [2.05, 4.69) is 10.1 Å². The Kier molecular flexibility index (Phi) is 4.16. The minimum absolute atomic E-state index is 0.0731. The number of halogens is 1. The molecule has 8 heteroatoms. The predicted molar refractivity (Wildman–Crippen MR) is 89.0 cm³/mol. The molecule has 0 bridgehead atoms. The van der Waals surface area contributed by atoms with Crippen LogP contribution in [0.2, 0.25) is 0 Å². The maximum Gasteiger partial charge on any atom is 0.292 e. The van der Waals surface area contributed by atoms with E-state index in [4.69, 9.17) is 9.26 Å². The highest BCUT2D eigenvalue weighted by atomic mass is 19.1. The number of amides is 1. The van der Waals surface area contributed by atoms with E-state index in [1.807, 2.05) is 22.9 Å². The molecular weight excluding hydrogens is 339 g/mol. The number of hydrogen-bond donors (Lipinski definition) is 0. The number of carbonyl (C=O) groups excluding carboxylic acids is 1. The maximum atomic E-state index is 13.9. The Hall–Kier alpha value is -3.16. The first-order valence-corrected chi connectivity index (χ1v) is 8.24. The Balaban J connectivity index is 1.61. The number of nitrogens with zero attached hydrogens (tertiary/aromatic N) is 4. The highest BCUT2D eigenvalue weighted by molar-refractivity contribution is 5.91. The zero-order valence-electron chi connectivity index (χ0n) is 14.1. The van der Waals surface area contributed by atoms with Gasteiger partial charge >= 0.3 is 0 Å². The molecule has 3 aromatic heterocycles. The molecule has 0 unspecified atom stereocenters. The summed E-state index contributed by atoms with van der Waals surface area (Å²) in [6.45, 7) is 2.91. The first-order valence-electron chi connectivity index (χ1n) is 8.24. The van der Waals surface area contributed by atoms with Crippen LogP contribution in [0.25, 0.3) is 0 Å². The zero-order valence-corrected chi connectivity index (χ0v) is 14.1. The third-order valence-corrected chi connectivity index (χ3v) is 4.23. The van der Waals surface area contributed by atoms with E-state index in [1.54, 1.807) is 17.9 Å². The Morgan fingerprint density at radius 2 is 2.23 bits per heavy atom. The van der Waals surface area contributed by atoms with Crippen molar-refractivity contribution in [2.45, 2.75) is 26.1 Å². The Bertz CT molecular complexity index is 936. The van der Waals surface area contributed by atoms with E-state index in [0.717, 1.165) is 5.69 Å². The highest BCUT2D eigenvalue weighted by Crippen LogP contribution is 2.21. The fourth-order valence-corrected chi connectivity index (χ4v) is 3.02. The van der Waals surface area contributed by atoms with Gasteiger partial charge in [0.1, 0.15) is 6.10 Å². The molecule has 134 valence electrons. The molecule has 1 atom stereocenters. The SMILES string of the molecule is Cc1cc(C(=O)N2Cc3cccn3C[C@H](Oc3ncccc3F)C2)on1. The number of rotatable bonds is 3. The summed E-state index contributed by atoms with van der Waals surface area (Å²) in [4.78, 5) is 18.4. The Morgan fingerprint density at radius 1 is 1.35 bits per heavy atom. The van der Waals surface area contributed by atoms with Gasteiger partial charge in [-0.2, -0.15) is 0 Å². The molecule has 1 amide bonds. The minimum Gasteiger partial charge on any atom is -0.468 e. The van der Waals surface area contributed by atoms with Crippen molar-refractivity contribution in [1.29, 1.82) is 0 Å². The van der Waals surface area contributed by atoms with Crippen molar-refractivity contribution < 1.29 is 18.4 Å². The topological polar surface area (TPSA) is 73.4 Å². The summed E-state index contributed by atoms with van der Waals surface area (Å²) in [5, 5.41) is 3.77. The normalized spacial score (nSPS) is 16.8. The summed E-state index contributed by atoms with van der Waals surface area (Å²) in [6.07, 6.45) is 2.92. The third-order valence-electron chi connectivity index (χ3n) is 4.23. The van der Waals surface area contributed by atoms with Crippen molar-refractivity contribution in [3.63, 3.8) is 0 Å². The molecule has 3 aromatic rings. The largest absolute Gasteiger partial charge is 0.468 e. The standard InChI is InChI=1S/C18H17FN4O3/c1-12-8-16(26-21-12)18(24)23-9-13-4-3-7-22(13)10-14(11-23)25-17-15(19)5-2-6-20-17/h2-8,14H,9-11H2,1H3/t14-/m0/s1. The lowest BCUT2D eigenvalue weighted by atomic mass is 10.2. The summed E-state index contributed by atoms with van der Waals surface area (Å²) in [5.41, 5.74) is 1.59. The molecule has 1 aliphatic rings. The van der Waals surface area contributed by atoms with Gasteiger partial charge in [0.15, 0.2) is 5.82 Å². The van der Waals surface area contributed by atoms with E-state index in [0.29, 0.717) is 18.8 Å². The molecule has 4 heterocycles. The van der Waals surface area contributed by atoms with Gasteiger partial charge < -0.3 is 18.7 Å².